The Hall–Kier alpha value is -0.980. The summed E-state index contributed by atoms with van der Waals surface area (Å²) >= 11 is 1.51. The van der Waals surface area contributed by atoms with Crippen LogP contribution < -0.4 is 5.73 Å². The van der Waals surface area contributed by atoms with Crippen LogP contribution in [0.4, 0.5) is 0 Å². The molecule has 106 valence electrons. The van der Waals surface area contributed by atoms with Crippen molar-refractivity contribution < 1.29 is 4.79 Å². The fourth-order valence-corrected chi connectivity index (χ4v) is 3.47. The molecule has 0 saturated carbocycles. The van der Waals surface area contributed by atoms with Gasteiger partial charge >= 0.3 is 0 Å². The summed E-state index contributed by atoms with van der Waals surface area (Å²) in [5.41, 5.74) is 5.60. The molecule has 1 amide bonds. The summed E-state index contributed by atoms with van der Waals surface area (Å²) < 4.78 is 0. The van der Waals surface area contributed by atoms with E-state index in [-0.39, 0.29) is 0 Å². The van der Waals surface area contributed by atoms with E-state index >= 15 is 0 Å². The van der Waals surface area contributed by atoms with Gasteiger partial charge in [0, 0.05) is 37.1 Å². The molecule has 6 heteroatoms. The van der Waals surface area contributed by atoms with E-state index in [2.05, 4.69) is 35.6 Å². The van der Waals surface area contributed by atoms with Gasteiger partial charge in [-0.15, -0.1) is 11.3 Å². The maximum Gasteiger partial charge on any atom is 0.268 e. The highest BCUT2D eigenvalue weighted by Crippen LogP contribution is 2.17. The van der Waals surface area contributed by atoms with Gasteiger partial charge in [-0.2, -0.15) is 0 Å². The van der Waals surface area contributed by atoms with Gasteiger partial charge in [-0.05, 0) is 20.8 Å². The Morgan fingerprint density at radius 1 is 1.58 bits per heavy atom. The molecule has 1 aromatic rings. The number of carbonyl (C=O) groups excluding carboxylic acids is 1. The average molecular weight is 282 g/mol. The number of piperazine rings is 1. The quantitative estimate of drug-likeness (QED) is 0.900. The van der Waals surface area contributed by atoms with Crippen molar-refractivity contribution >= 4 is 17.2 Å². The van der Waals surface area contributed by atoms with Crippen LogP contribution in [0.25, 0.3) is 0 Å². The van der Waals surface area contributed by atoms with E-state index in [1.807, 2.05) is 0 Å². The minimum Gasteiger partial charge on any atom is -0.364 e. The Bertz CT molecular complexity index is 446. The molecule has 0 radical (unpaired) electrons. The predicted octanol–water partition coefficient (Wildman–Crippen LogP) is 1.16. The summed E-state index contributed by atoms with van der Waals surface area (Å²) in [5, 5.41) is 2.71. The van der Waals surface area contributed by atoms with Gasteiger partial charge in [-0.1, -0.05) is 0 Å². The van der Waals surface area contributed by atoms with Gasteiger partial charge in [0.15, 0.2) is 0 Å². The van der Waals surface area contributed by atoms with Crippen molar-refractivity contribution in [1.82, 2.24) is 14.8 Å². The van der Waals surface area contributed by atoms with Gasteiger partial charge in [-0.3, -0.25) is 14.6 Å². The topological polar surface area (TPSA) is 62.5 Å². The van der Waals surface area contributed by atoms with Crippen molar-refractivity contribution in [3.05, 3.63) is 16.1 Å². The van der Waals surface area contributed by atoms with E-state index in [9.17, 15) is 4.79 Å². The number of rotatable bonds is 4. The summed E-state index contributed by atoms with van der Waals surface area (Å²) in [4.78, 5) is 20.2. The molecule has 2 N–H and O–H groups in total. The standard InChI is InChI=1S/C13H22N4OS/c1-9(2)17-5-4-16(6-10(17)3)7-12-15-11(8-19-12)13(14)18/h8-10H,4-7H2,1-3H3,(H2,14,18). The number of nitrogens with two attached hydrogens (primary N) is 1. The minimum absolute atomic E-state index is 0.383. The van der Waals surface area contributed by atoms with E-state index in [0.29, 0.717) is 17.8 Å². The normalized spacial score (nSPS) is 22.0. The van der Waals surface area contributed by atoms with Crippen LogP contribution in [0.15, 0.2) is 5.38 Å². The second-order valence-corrected chi connectivity index (χ2v) is 6.35. The number of amides is 1. The number of hydrogen-bond donors (Lipinski definition) is 1. The van der Waals surface area contributed by atoms with Crippen LogP contribution in [0.3, 0.4) is 0 Å². The first-order valence-corrected chi connectivity index (χ1v) is 7.57. The molecule has 1 saturated heterocycles. The first-order valence-electron chi connectivity index (χ1n) is 6.69. The number of thiazole rings is 1. The molecule has 0 bridgehead atoms. The van der Waals surface area contributed by atoms with Crippen molar-refractivity contribution in [3.63, 3.8) is 0 Å². The number of nitrogens with zero attached hydrogens (tertiary/aromatic N) is 3. The molecular formula is C13H22N4OS. The van der Waals surface area contributed by atoms with Crippen molar-refractivity contribution in [2.75, 3.05) is 19.6 Å². The van der Waals surface area contributed by atoms with E-state index in [4.69, 9.17) is 5.73 Å². The largest absolute Gasteiger partial charge is 0.364 e. The van der Waals surface area contributed by atoms with Gasteiger partial charge in [0.05, 0.1) is 6.54 Å². The first-order chi connectivity index (χ1) is 8.97. The van der Waals surface area contributed by atoms with Crippen LogP contribution in [0.2, 0.25) is 0 Å². The highest BCUT2D eigenvalue weighted by Gasteiger charge is 2.25. The van der Waals surface area contributed by atoms with Crippen LogP contribution in [0.1, 0.15) is 36.3 Å². The molecule has 1 unspecified atom stereocenters. The van der Waals surface area contributed by atoms with E-state index in [1.165, 1.54) is 11.3 Å². The SMILES string of the molecule is CC(C)N1CCN(Cc2nc(C(N)=O)cs2)CC1C. The van der Waals surface area contributed by atoms with Crippen LogP contribution in [-0.4, -0.2) is 52.4 Å². The molecule has 0 aliphatic carbocycles. The van der Waals surface area contributed by atoms with Crippen molar-refractivity contribution in [1.29, 1.82) is 0 Å². The average Bonchev–Trinajstić information content (AvgIpc) is 2.77. The highest BCUT2D eigenvalue weighted by molar-refractivity contribution is 7.09. The summed E-state index contributed by atoms with van der Waals surface area (Å²) in [6.07, 6.45) is 0. The van der Waals surface area contributed by atoms with Crippen LogP contribution in [-0.2, 0) is 6.54 Å². The maximum atomic E-state index is 11.0. The fraction of sp³-hybridized carbons (Fsp3) is 0.692. The van der Waals surface area contributed by atoms with Crippen LogP contribution in [0.5, 0.6) is 0 Å². The van der Waals surface area contributed by atoms with Crippen molar-refractivity contribution in [2.24, 2.45) is 5.73 Å². The molecule has 1 aromatic heterocycles. The molecule has 2 rings (SSSR count). The van der Waals surface area contributed by atoms with E-state index in [0.717, 1.165) is 31.2 Å². The molecule has 1 aliphatic heterocycles. The Balaban J connectivity index is 1.92. The van der Waals surface area contributed by atoms with Crippen molar-refractivity contribution in [2.45, 2.75) is 39.4 Å². The number of carbonyl (C=O) groups is 1. The fourth-order valence-electron chi connectivity index (χ4n) is 2.65. The number of hydrogen-bond acceptors (Lipinski definition) is 5. The Labute approximate surface area is 118 Å². The lowest BCUT2D eigenvalue weighted by Crippen LogP contribution is -2.53. The first kappa shape index (κ1) is 14.4. The van der Waals surface area contributed by atoms with E-state index < -0.39 is 5.91 Å². The third-order valence-electron chi connectivity index (χ3n) is 3.59. The Morgan fingerprint density at radius 2 is 2.32 bits per heavy atom. The highest BCUT2D eigenvalue weighted by atomic mass is 32.1. The molecular weight excluding hydrogens is 260 g/mol. The van der Waals surface area contributed by atoms with Crippen molar-refractivity contribution in [3.8, 4) is 0 Å². The van der Waals surface area contributed by atoms with E-state index in [1.54, 1.807) is 5.38 Å². The maximum absolute atomic E-state index is 11.0. The van der Waals surface area contributed by atoms with Crippen LogP contribution in [0, 0.1) is 0 Å². The number of aromatic nitrogens is 1. The summed E-state index contributed by atoms with van der Waals surface area (Å²) in [6, 6.07) is 1.16. The van der Waals surface area contributed by atoms with Crippen LogP contribution >= 0.6 is 11.3 Å². The summed E-state index contributed by atoms with van der Waals surface area (Å²) in [7, 11) is 0. The number of primary amides is 1. The van der Waals surface area contributed by atoms with Gasteiger partial charge in [0.1, 0.15) is 10.7 Å². The smallest absolute Gasteiger partial charge is 0.268 e. The zero-order valence-electron chi connectivity index (χ0n) is 11.8. The lowest BCUT2D eigenvalue weighted by atomic mass is 10.1. The third kappa shape index (κ3) is 3.52. The molecule has 19 heavy (non-hydrogen) atoms. The second-order valence-electron chi connectivity index (χ2n) is 5.41. The summed E-state index contributed by atoms with van der Waals surface area (Å²) in [5.74, 6) is -0.444. The zero-order valence-corrected chi connectivity index (χ0v) is 12.6. The lowest BCUT2D eigenvalue weighted by Gasteiger charge is -2.41. The van der Waals surface area contributed by atoms with Gasteiger partial charge in [0.25, 0.3) is 5.91 Å². The zero-order chi connectivity index (χ0) is 14.0. The molecule has 1 atom stereocenters. The van der Waals surface area contributed by atoms with Gasteiger partial charge in [0.2, 0.25) is 0 Å². The Morgan fingerprint density at radius 3 is 2.84 bits per heavy atom. The molecule has 0 spiro atoms. The third-order valence-corrected chi connectivity index (χ3v) is 4.42. The Kier molecular flexibility index (Phi) is 4.54. The molecule has 1 aliphatic rings. The van der Waals surface area contributed by atoms with Gasteiger partial charge in [-0.25, -0.2) is 4.98 Å². The second kappa shape index (κ2) is 5.98. The monoisotopic (exact) mass is 282 g/mol. The lowest BCUT2D eigenvalue weighted by molar-refractivity contribution is 0.0563. The summed E-state index contributed by atoms with van der Waals surface area (Å²) in [6.45, 7) is 10.7. The molecule has 0 aromatic carbocycles. The molecule has 1 fully saturated rings. The molecule has 2 heterocycles. The molecule has 5 nitrogen and oxygen atoms in total. The minimum atomic E-state index is -0.444. The van der Waals surface area contributed by atoms with Gasteiger partial charge < -0.3 is 5.73 Å². The predicted molar refractivity (Wildman–Crippen MR) is 77.2 cm³/mol.